The van der Waals surface area contributed by atoms with Crippen LogP contribution >= 0.6 is 0 Å². The lowest BCUT2D eigenvalue weighted by atomic mass is 9.33. The molecule has 1 aromatic carbocycles. The molecule has 1 aromatic heterocycles. The smallest absolute Gasteiger partial charge is 0.313 e. The molecule has 0 amide bonds. The number of hydrogen-bond donors (Lipinski definition) is 0. The summed E-state index contributed by atoms with van der Waals surface area (Å²) in [6.45, 7) is 22.6. The third-order valence-corrected chi connectivity index (χ3v) is 16.4. The molecule has 2 heterocycles. The molecular formula is C44H61N3O2. The first-order chi connectivity index (χ1) is 23.3. The Labute approximate surface area is 296 Å². The first-order valence-electron chi connectivity index (χ1n) is 19.8. The summed E-state index contributed by atoms with van der Waals surface area (Å²) in [7, 11) is 0. The van der Waals surface area contributed by atoms with Crippen LogP contribution in [-0.4, -0.2) is 29.0 Å². The standard InChI is InChI=1S/C44H61N3O2/c1-28-18-21-44(39(48)49-27-31-14-10-9-11-15-31)23-22-42(7)33(36(44)29(28)2)16-17-35-41(6)26-32-37(40(4,5)34(41)19-20-43(35,42)8)45-30(3)46-38(32)47-24-12-13-25-47/h9-11,14-16,28-29,34-36H,12-13,17-27H2,1-8H3/t28-,29-,34+,35-,36-,41+,42+,43-,44-/m0/s1. The van der Waals surface area contributed by atoms with Crippen molar-refractivity contribution in [3.05, 3.63) is 64.6 Å². The second-order valence-electron chi connectivity index (χ2n) is 18.9. The minimum absolute atomic E-state index is 0.00567. The zero-order chi connectivity index (χ0) is 34.6. The van der Waals surface area contributed by atoms with Crippen molar-refractivity contribution >= 4 is 11.8 Å². The maximum absolute atomic E-state index is 14.4. The molecule has 2 aromatic rings. The summed E-state index contributed by atoms with van der Waals surface area (Å²) in [5, 5.41) is 0. The number of benzene rings is 1. The molecule has 5 heteroatoms. The van der Waals surface area contributed by atoms with E-state index in [1.807, 2.05) is 18.2 Å². The average molecular weight is 664 g/mol. The number of aromatic nitrogens is 2. The molecule has 0 unspecified atom stereocenters. The Hall–Kier alpha value is -2.69. The van der Waals surface area contributed by atoms with Gasteiger partial charge < -0.3 is 9.64 Å². The fourth-order valence-electron chi connectivity index (χ4n) is 13.5. The summed E-state index contributed by atoms with van der Waals surface area (Å²) in [5.41, 5.74) is 5.41. The number of carbonyl (C=O) groups excluding carboxylic acids is 1. The van der Waals surface area contributed by atoms with E-state index in [0.29, 0.717) is 30.3 Å². The van der Waals surface area contributed by atoms with E-state index in [9.17, 15) is 4.79 Å². The van der Waals surface area contributed by atoms with E-state index in [0.717, 1.165) is 63.0 Å². The molecule has 8 rings (SSSR count). The van der Waals surface area contributed by atoms with Gasteiger partial charge in [0.25, 0.3) is 0 Å². The number of nitrogens with zero attached hydrogens (tertiary/aromatic N) is 3. The van der Waals surface area contributed by atoms with Crippen molar-refractivity contribution in [2.45, 2.75) is 132 Å². The van der Waals surface area contributed by atoms with Crippen LogP contribution in [-0.2, 0) is 28.0 Å². The van der Waals surface area contributed by atoms with Crippen molar-refractivity contribution < 1.29 is 9.53 Å². The Balaban J connectivity index is 1.19. The topological polar surface area (TPSA) is 55.3 Å². The fourth-order valence-corrected chi connectivity index (χ4v) is 13.5. The van der Waals surface area contributed by atoms with Gasteiger partial charge in [-0.15, -0.1) is 0 Å². The molecule has 5 nitrogen and oxygen atoms in total. The zero-order valence-electron chi connectivity index (χ0n) is 31.7. The molecule has 0 radical (unpaired) electrons. The summed E-state index contributed by atoms with van der Waals surface area (Å²) in [5.74, 6) is 4.68. The molecule has 9 atom stereocenters. The summed E-state index contributed by atoms with van der Waals surface area (Å²) in [6, 6.07) is 10.2. The summed E-state index contributed by atoms with van der Waals surface area (Å²) in [4.78, 5) is 27.4. The van der Waals surface area contributed by atoms with Gasteiger partial charge in [-0.3, -0.25) is 4.79 Å². The SMILES string of the molecule is Cc1nc(N2CCCC2)c2c(n1)C(C)(C)[C@H]1CC[C@@]3(C)[C@@H](CC=C4[C@@H]5[C@@H](C)[C@@H](C)CC[C@]5(C(=O)OCc5ccccc5)CC[C@]43C)[C@]1(C)C2. The molecule has 1 saturated heterocycles. The van der Waals surface area contributed by atoms with Crippen LogP contribution in [0.1, 0.15) is 129 Å². The van der Waals surface area contributed by atoms with Gasteiger partial charge in [0.1, 0.15) is 18.2 Å². The molecule has 0 bridgehead atoms. The number of hydrogen-bond acceptors (Lipinski definition) is 5. The molecule has 1 aliphatic heterocycles. The maximum Gasteiger partial charge on any atom is 0.313 e. The molecule has 3 saturated carbocycles. The number of anilines is 1. The highest BCUT2D eigenvalue weighted by Gasteiger charge is 2.70. The van der Waals surface area contributed by atoms with Gasteiger partial charge in [0, 0.05) is 24.1 Å². The highest BCUT2D eigenvalue weighted by Crippen LogP contribution is 2.75. The first kappa shape index (κ1) is 33.5. The number of rotatable bonds is 4. The van der Waals surface area contributed by atoms with Crippen LogP contribution in [0.25, 0.3) is 0 Å². The molecule has 6 aliphatic rings. The number of carbonyl (C=O) groups is 1. The molecular weight excluding hydrogens is 603 g/mol. The highest BCUT2D eigenvalue weighted by atomic mass is 16.5. The van der Waals surface area contributed by atoms with Crippen LogP contribution in [0.15, 0.2) is 42.0 Å². The van der Waals surface area contributed by atoms with Gasteiger partial charge in [0.2, 0.25) is 0 Å². The normalized spacial score (nSPS) is 40.6. The van der Waals surface area contributed by atoms with Gasteiger partial charge in [-0.1, -0.05) is 90.4 Å². The van der Waals surface area contributed by atoms with E-state index in [4.69, 9.17) is 14.7 Å². The molecule has 0 spiro atoms. The summed E-state index contributed by atoms with van der Waals surface area (Å²) >= 11 is 0. The summed E-state index contributed by atoms with van der Waals surface area (Å²) in [6.07, 6.45) is 14.0. The van der Waals surface area contributed by atoms with Crippen molar-refractivity contribution in [1.29, 1.82) is 0 Å². The van der Waals surface area contributed by atoms with Gasteiger partial charge in [-0.25, -0.2) is 9.97 Å². The van der Waals surface area contributed by atoms with Crippen LogP contribution in [0, 0.1) is 58.2 Å². The molecule has 5 aliphatic carbocycles. The van der Waals surface area contributed by atoms with Gasteiger partial charge in [0.15, 0.2) is 0 Å². The van der Waals surface area contributed by atoms with Gasteiger partial charge in [0.05, 0.1) is 11.1 Å². The second-order valence-corrected chi connectivity index (χ2v) is 18.9. The van der Waals surface area contributed by atoms with Crippen LogP contribution in [0.3, 0.4) is 0 Å². The quantitative estimate of drug-likeness (QED) is 0.241. The van der Waals surface area contributed by atoms with Crippen molar-refractivity contribution in [1.82, 2.24) is 9.97 Å². The third kappa shape index (κ3) is 4.64. The predicted octanol–water partition coefficient (Wildman–Crippen LogP) is 9.80. The van der Waals surface area contributed by atoms with E-state index in [-0.39, 0.29) is 33.5 Å². The Morgan fingerprint density at radius 3 is 2.39 bits per heavy atom. The third-order valence-electron chi connectivity index (χ3n) is 16.4. The second kappa shape index (κ2) is 11.4. The highest BCUT2D eigenvalue weighted by molar-refractivity contribution is 5.79. The van der Waals surface area contributed by atoms with Gasteiger partial charge in [-0.2, -0.15) is 0 Å². The Bertz CT molecular complexity index is 1660. The molecule has 264 valence electrons. The Kier molecular flexibility index (Phi) is 7.79. The summed E-state index contributed by atoms with van der Waals surface area (Å²) < 4.78 is 6.28. The largest absolute Gasteiger partial charge is 0.460 e. The minimum atomic E-state index is -0.415. The predicted molar refractivity (Wildman–Crippen MR) is 197 cm³/mol. The van der Waals surface area contributed by atoms with Crippen LogP contribution in [0.5, 0.6) is 0 Å². The Morgan fingerprint density at radius 1 is 0.918 bits per heavy atom. The lowest BCUT2D eigenvalue weighted by molar-refractivity contribution is -0.184. The Morgan fingerprint density at radius 2 is 1.65 bits per heavy atom. The van der Waals surface area contributed by atoms with E-state index in [2.05, 4.69) is 78.5 Å². The van der Waals surface area contributed by atoms with Crippen molar-refractivity contribution in [2.75, 3.05) is 18.0 Å². The van der Waals surface area contributed by atoms with Crippen molar-refractivity contribution in [3.63, 3.8) is 0 Å². The lowest BCUT2D eigenvalue weighted by Gasteiger charge is -2.71. The number of aryl methyl sites for hydroxylation is 1. The van der Waals surface area contributed by atoms with E-state index >= 15 is 0 Å². The number of fused-ring (bicyclic) bond motifs is 8. The number of allylic oxidation sites excluding steroid dienone is 2. The maximum atomic E-state index is 14.4. The number of ether oxygens (including phenoxy) is 1. The molecule has 0 N–H and O–H groups in total. The van der Waals surface area contributed by atoms with E-state index < -0.39 is 5.41 Å². The van der Waals surface area contributed by atoms with E-state index in [1.54, 1.807) is 5.57 Å². The van der Waals surface area contributed by atoms with E-state index in [1.165, 1.54) is 42.8 Å². The number of esters is 1. The lowest BCUT2D eigenvalue weighted by Crippen LogP contribution is -2.65. The first-order valence-corrected chi connectivity index (χ1v) is 19.8. The monoisotopic (exact) mass is 663 g/mol. The van der Waals surface area contributed by atoms with Crippen LogP contribution < -0.4 is 4.90 Å². The van der Waals surface area contributed by atoms with Gasteiger partial charge in [-0.05, 0) is 123 Å². The van der Waals surface area contributed by atoms with Crippen LogP contribution in [0.2, 0.25) is 0 Å². The molecule has 4 fully saturated rings. The van der Waals surface area contributed by atoms with Crippen molar-refractivity contribution in [2.24, 2.45) is 51.2 Å². The zero-order valence-corrected chi connectivity index (χ0v) is 31.7. The minimum Gasteiger partial charge on any atom is -0.460 e. The molecule has 49 heavy (non-hydrogen) atoms. The average Bonchev–Trinajstić information content (AvgIpc) is 3.61. The van der Waals surface area contributed by atoms with Gasteiger partial charge >= 0.3 is 5.97 Å². The van der Waals surface area contributed by atoms with Crippen LogP contribution in [0.4, 0.5) is 5.82 Å². The van der Waals surface area contributed by atoms with Crippen molar-refractivity contribution in [3.8, 4) is 0 Å². The fraction of sp³-hybridized carbons (Fsp3) is 0.705.